The van der Waals surface area contributed by atoms with Gasteiger partial charge in [0.2, 0.25) is 0 Å². The van der Waals surface area contributed by atoms with E-state index in [0.717, 1.165) is 10.9 Å². The van der Waals surface area contributed by atoms with Gasteiger partial charge in [0.15, 0.2) is 0 Å². The molecule has 0 amide bonds. The Morgan fingerprint density at radius 3 is 2.18 bits per heavy atom. The van der Waals surface area contributed by atoms with Crippen LogP contribution in [0.1, 0.15) is 32.4 Å². The topological polar surface area (TPSA) is 26.0 Å². The van der Waals surface area contributed by atoms with Gasteiger partial charge in [0.1, 0.15) is 5.82 Å². The summed E-state index contributed by atoms with van der Waals surface area (Å²) in [4.78, 5) is 0. The maximum atomic E-state index is 13.7. The lowest BCUT2D eigenvalue weighted by Crippen LogP contribution is -2.26. The third-order valence-electron chi connectivity index (χ3n) is 3.17. The average Bonchev–Trinajstić information content (AvgIpc) is 2.28. The summed E-state index contributed by atoms with van der Waals surface area (Å²) in [5.74, 6) is -0.189. The molecule has 0 fully saturated rings. The molecular formula is C15H18FN. The quantitative estimate of drug-likeness (QED) is 0.788. The summed E-state index contributed by atoms with van der Waals surface area (Å²) in [6.45, 7) is 6.28. The smallest absolute Gasteiger partial charge is 0.131 e. The Bertz CT molecular complexity index is 540. The second-order valence-electron chi connectivity index (χ2n) is 5.53. The highest BCUT2D eigenvalue weighted by Gasteiger charge is 2.24. The molecule has 1 atom stereocenters. The molecule has 0 aromatic heterocycles. The predicted molar refractivity (Wildman–Crippen MR) is 70.3 cm³/mol. The van der Waals surface area contributed by atoms with Gasteiger partial charge in [0.25, 0.3) is 0 Å². The number of hydrogen-bond acceptors (Lipinski definition) is 1. The molecule has 0 saturated carbocycles. The largest absolute Gasteiger partial charge is 0.323 e. The van der Waals surface area contributed by atoms with Gasteiger partial charge in [0, 0.05) is 11.4 Å². The third-order valence-corrected chi connectivity index (χ3v) is 3.17. The average molecular weight is 231 g/mol. The van der Waals surface area contributed by atoms with Crippen LogP contribution in [-0.2, 0) is 0 Å². The Labute approximate surface area is 101 Å². The molecule has 0 heterocycles. The molecule has 2 rings (SSSR count). The number of nitrogens with two attached hydrogens (primary N) is 1. The predicted octanol–water partition coefficient (Wildman–Crippen LogP) is 4.02. The summed E-state index contributed by atoms with van der Waals surface area (Å²) >= 11 is 0. The van der Waals surface area contributed by atoms with E-state index < -0.39 is 0 Å². The summed E-state index contributed by atoms with van der Waals surface area (Å²) in [6, 6.07) is 10.7. The molecule has 1 unspecified atom stereocenters. The van der Waals surface area contributed by atoms with Gasteiger partial charge in [0.05, 0.1) is 0 Å². The van der Waals surface area contributed by atoms with Gasteiger partial charge in [-0.3, -0.25) is 0 Å². The van der Waals surface area contributed by atoms with E-state index in [9.17, 15) is 4.39 Å². The minimum absolute atomic E-state index is 0.0411. The molecule has 0 aliphatic rings. The van der Waals surface area contributed by atoms with Gasteiger partial charge in [-0.05, 0) is 22.4 Å². The van der Waals surface area contributed by atoms with Crippen molar-refractivity contribution >= 4 is 10.8 Å². The molecule has 2 heteroatoms. The van der Waals surface area contributed by atoms with Crippen LogP contribution in [0.25, 0.3) is 10.8 Å². The van der Waals surface area contributed by atoms with Crippen molar-refractivity contribution in [2.45, 2.75) is 26.8 Å². The number of fused-ring (bicyclic) bond motifs is 1. The summed E-state index contributed by atoms with van der Waals surface area (Å²) in [7, 11) is 0. The van der Waals surface area contributed by atoms with Crippen LogP contribution in [0.15, 0.2) is 36.4 Å². The zero-order valence-corrected chi connectivity index (χ0v) is 10.5. The Hall–Kier alpha value is -1.41. The Kier molecular flexibility index (Phi) is 2.92. The van der Waals surface area contributed by atoms with Gasteiger partial charge in [-0.1, -0.05) is 51.1 Å². The number of rotatable bonds is 1. The van der Waals surface area contributed by atoms with Crippen LogP contribution >= 0.6 is 0 Å². The molecule has 0 spiro atoms. The van der Waals surface area contributed by atoms with E-state index in [1.165, 1.54) is 6.07 Å². The molecule has 0 bridgehead atoms. The first-order chi connectivity index (χ1) is 7.91. The lowest BCUT2D eigenvalue weighted by atomic mass is 9.81. The standard InChI is InChI=1S/C15H18FN/c1-15(2,3)14(17)12-8-9-13(16)11-7-5-4-6-10(11)12/h4-9,14H,17H2,1-3H3. The summed E-state index contributed by atoms with van der Waals surface area (Å²) < 4.78 is 13.7. The van der Waals surface area contributed by atoms with E-state index in [0.29, 0.717) is 5.39 Å². The van der Waals surface area contributed by atoms with Crippen LogP contribution in [0.5, 0.6) is 0 Å². The zero-order chi connectivity index (χ0) is 12.6. The van der Waals surface area contributed by atoms with Crippen molar-refractivity contribution in [2.24, 2.45) is 11.1 Å². The first-order valence-corrected chi connectivity index (χ1v) is 5.84. The fourth-order valence-electron chi connectivity index (χ4n) is 2.02. The van der Waals surface area contributed by atoms with Crippen molar-refractivity contribution in [3.05, 3.63) is 47.8 Å². The number of hydrogen-bond donors (Lipinski definition) is 1. The van der Waals surface area contributed by atoms with Gasteiger partial charge >= 0.3 is 0 Å². The van der Waals surface area contributed by atoms with E-state index in [2.05, 4.69) is 20.8 Å². The first kappa shape index (κ1) is 12.1. The Morgan fingerprint density at radius 2 is 1.59 bits per heavy atom. The molecule has 2 aromatic carbocycles. The molecule has 0 aliphatic heterocycles. The number of halogens is 1. The minimum atomic E-state index is -0.189. The second kappa shape index (κ2) is 4.11. The van der Waals surface area contributed by atoms with Gasteiger partial charge in [-0.25, -0.2) is 4.39 Å². The first-order valence-electron chi connectivity index (χ1n) is 5.84. The number of benzene rings is 2. The molecular weight excluding hydrogens is 213 g/mol. The lowest BCUT2D eigenvalue weighted by Gasteiger charge is -2.28. The summed E-state index contributed by atoms with van der Waals surface area (Å²) in [6.07, 6.45) is 0. The van der Waals surface area contributed by atoms with Crippen molar-refractivity contribution in [1.29, 1.82) is 0 Å². The van der Waals surface area contributed by atoms with E-state index in [1.54, 1.807) is 12.1 Å². The fraction of sp³-hybridized carbons (Fsp3) is 0.333. The van der Waals surface area contributed by atoms with Crippen LogP contribution in [0.4, 0.5) is 4.39 Å². The summed E-state index contributed by atoms with van der Waals surface area (Å²) in [5.41, 5.74) is 7.23. The van der Waals surface area contributed by atoms with Crippen LogP contribution < -0.4 is 5.73 Å². The molecule has 1 nitrogen and oxygen atoms in total. The maximum Gasteiger partial charge on any atom is 0.131 e. The molecule has 0 saturated heterocycles. The van der Waals surface area contributed by atoms with Crippen molar-refractivity contribution in [3.63, 3.8) is 0 Å². The molecule has 2 N–H and O–H groups in total. The normalized spacial score (nSPS) is 13.9. The summed E-state index contributed by atoms with van der Waals surface area (Å²) in [5, 5.41) is 1.56. The van der Waals surface area contributed by atoms with Gasteiger partial charge in [-0.2, -0.15) is 0 Å². The van der Waals surface area contributed by atoms with Crippen molar-refractivity contribution in [2.75, 3.05) is 0 Å². The molecule has 17 heavy (non-hydrogen) atoms. The van der Waals surface area contributed by atoms with Gasteiger partial charge in [-0.15, -0.1) is 0 Å². The Balaban J connectivity index is 2.67. The monoisotopic (exact) mass is 231 g/mol. The zero-order valence-electron chi connectivity index (χ0n) is 10.5. The van der Waals surface area contributed by atoms with Crippen molar-refractivity contribution in [3.8, 4) is 0 Å². The maximum absolute atomic E-state index is 13.7. The molecule has 90 valence electrons. The second-order valence-corrected chi connectivity index (χ2v) is 5.53. The Morgan fingerprint density at radius 1 is 1.00 bits per heavy atom. The SMILES string of the molecule is CC(C)(C)C(N)c1ccc(F)c2ccccc12. The van der Waals surface area contributed by atoms with Crippen LogP contribution in [0, 0.1) is 11.2 Å². The molecule has 2 aromatic rings. The van der Waals surface area contributed by atoms with Crippen molar-refractivity contribution < 1.29 is 4.39 Å². The highest BCUT2D eigenvalue weighted by atomic mass is 19.1. The van der Waals surface area contributed by atoms with Crippen LogP contribution in [0.3, 0.4) is 0 Å². The fourth-order valence-corrected chi connectivity index (χ4v) is 2.02. The lowest BCUT2D eigenvalue weighted by molar-refractivity contribution is 0.328. The highest BCUT2D eigenvalue weighted by Crippen LogP contribution is 2.35. The van der Waals surface area contributed by atoms with E-state index in [-0.39, 0.29) is 17.3 Å². The van der Waals surface area contributed by atoms with Crippen LogP contribution in [0.2, 0.25) is 0 Å². The van der Waals surface area contributed by atoms with E-state index in [1.807, 2.05) is 18.2 Å². The molecule has 0 radical (unpaired) electrons. The van der Waals surface area contributed by atoms with E-state index in [4.69, 9.17) is 5.73 Å². The van der Waals surface area contributed by atoms with Gasteiger partial charge < -0.3 is 5.73 Å². The van der Waals surface area contributed by atoms with E-state index >= 15 is 0 Å². The van der Waals surface area contributed by atoms with Crippen molar-refractivity contribution in [1.82, 2.24) is 0 Å². The molecule has 0 aliphatic carbocycles. The minimum Gasteiger partial charge on any atom is -0.323 e. The van der Waals surface area contributed by atoms with Crippen LogP contribution in [-0.4, -0.2) is 0 Å². The highest BCUT2D eigenvalue weighted by molar-refractivity contribution is 5.86. The third kappa shape index (κ3) is 2.18.